The van der Waals surface area contributed by atoms with Crippen LogP contribution in [0.4, 0.5) is 5.69 Å². The zero-order chi connectivity index (χ0) is 27.1. The van der Waals surface area contributed by atoms with Crippen molar-refractivity contribution in [1.29, 1.82) is 5.26 Å². The van der Waals surface area contributed by atoms with Gasteiger partial charge in [0.05, 0.1) is 11.6 Å². The zero-order valence-corrected chi connectivity index (χ0v) is 22.8. The average Bonchev–Trinajstić information content (AvgIpc) is 2.91. The van der Waals surface area contributed by atoms with Gasteiger partial charge in [-0.25, -0.2) is 0 Å². The molecule has 0 aliphatic carbocycles. The van der Waals surface area contributed by atoms with E-state index in [0.717, 1.165) is 61.4 Å². The molecule has 36 heavy (non-hydrogen) atoms. The Balaban J connectivity index is 0.000000554. The highest BCUT2D eigenvalue weighted by Gasteiger charge is 2.22. The van der Waals surface area contributed by atoms with Crippen LogP contribution in [0.15, 0.2) is 49.0 Å². The first kappa shape index (κ1) is 30.4. The number of hydrogen-bond acceptors (Lipinski definition) is 4. The summed E-state index contributed by atoms with van der Waals surface area (Å²) in [6, 6.07) is 16.2. The maximum atomic E-state index is 10.8. The molecule has 2 aromatic rings. The maximum Gasteiger partial charge on any atom is 0.219 e. The standard InChI is InChI=1S/C22H23N3O.C6H13NO.C2H6/c1-16-3-6-21(13-22(16)24-15-26)17(2)25-11-9-20(10-12-25)19-7-4-18(14-23)5-8-19;1-4-5-7(3)6(2)8;1-2/h3-8,13,15,20H,2,9-12H2,1H3,(H,24,26);4-5H2,1-3H3;1-2H3. The van der Waals surface area contributed by atoms with Gasteiger partial charge in [-0.15, -0.1) is 0 Å². The Hall–Kier alpha value is -3.59. The lowest BCUT2D eigenvalue weighted by atomic mass is 9.88. The molecule has 0 aromatic heterocycles. The molecule has 0 radical (unpaired) electrons. The first-order valence-electron chi connectivity index (χ1n) is 12.8. The summed E-state index contributed by atoms with van der Waals surface area (Å²) in [7, 11) is 1.81. The predicted octanol–water partition coefficient (Wildman–Crippen LogP) is 6.19. The van der Waals surface area contributed by atoms with Crippen LogP contribution in [-0.4, -0.2) is 48.8 Å². The second-order valence-corrected chi connectivity index (χ2v) is 8.67. The molecule has 1 aliphatic rings. The summed E-state index contributed by atoms with van der Waals surface area (Å²) < 4.78 is 0. The van der Waals surface area contributed by atoms with Gasteiger partial charge in [-0.3, -0.25) is 9.59 Å². The van der Waals surface area contributed by atoms with Crippen molar-refractivity contribution >= 4 is 23.7 Å². The minimum atomic E-state index is 0.145. The fourth-order valence-corrected chi connectivity index (χ4v) is 4.01. The Bertz CT molecular complexity index is 1020. The van der Waals surface area contributed by atoms with E-state index in [0.29, 0.717) is 17.9 Å². The predicted molar refractivity (Wildman–Crippen MR) is 150 cm³/mol. The number of aryl methyl sites for hydroxylation is 1. The van der Waals surface area contributed by atoms with Gasteiger partial charge < -0.3 is 15.1 Å². The van der Waals surface area contributed by atoms with Gasteiger partial charge in [-0.2, -0.15) is 5.26 Å². The summed E-state index contributed by atoms with van der Waals surface area (Å²) in [5.74, 6) is 0.670. The largest absolute Gasteiger partial charge is 0.371 e. The molecular weight excluding hydrogens is 448 g/mol. The number of amides is 2. The van der Waals surface area contributed by atoms with E-state index in [1.807, 2.05) is 52.1 Å². The average molecular weight is 491 g/mol. The van der Waals surface area contributed by atoms with E-state index in [4.69, 9.17) is 5.26 Å². The second kappa shape index (κ2) is 16.1. The van der Waals surface area contributed by atoms with Crippen molar-refractivity contribution in [3.63, 3.8) is 0 Å². The summed E-state index contributed by atoms with van der Waals surface area (Å²) in [5, 5.41) is 11.7. The molecule has 3 rings (SSSR count). The van der Waals surface area contributed by atoms with Crippen molar-refractivity contribution < 1.29 is 9.59 Å². The summed E-state index contributed by atoms with van der Waals surface area (Å²) >= 11 is 0. The van der Waals surface area contributed by atoms with E-state index in [2.05, 4.69) is 48.0 Å². The third-order valence-electron chi connectivity index (χ3n) is 6.27. The highest BCUT2D eigenvalue weighted by molar-refractivity contribution is 5.76. The Kier molecular flexibility index (Phi) is 13.7. The summed E-state index contributed by atoms with van der Waals surface area (Å²) in [4.78, 5) is 25.2. The van der Waals surface area contributed by atoms with Gasteiger partial charge in [0.15, 0.2) is 0 Å². The molecule has 1 heterocycles. The van der Waals surface area contributed by atoms with Crippen LogP contribution in [-0.2, 0) is 9.59 Å². The molecule has 1 aliphatic heterocycles. The quantitative estimate of drug-likeness (QED) is 0.470. The molecule has 1 N–H and O–H groups in total. The lowest BCUT2D eigenvalue weighted by Gasteiger charge is -2.35. The second-order valence-electron chi connectivity index (χ2n) is 8.67. The number of nitrogens with zero attached hydrogens (tertiary/aromatic N) is 3. The zero-order valence-electron chi connectivity index (χ0n) is 22.8. The van der Waals surface area contributed by atoms with E-state index in [9.17, 15) is 9.59 Å². The number of benzene rings is 2. The smallest absolute Gasteiger partial charge is 0.219 e. The molecule has 2 aromatic carbocycles. The SMILES string of the molecule is C=C(c1ccc(C)c(NC=O)c1)N1CCC(c2ccc(C#N)cc2)CC1.CC.CCCN(C)C(C)=O. The molecule has 1 fully saturated rings. The van der Waals surface area contributed by atoms with Crippen LogP contribution in [0, 0.1) is 18.3 Å². The number of anilines is 1. The lowest BCUT2D eigenvalue weighted by molar-refractivity contribution is -0.127. The van der Waals surface area contributed by atoms with Crippen LogP contribution < -0.4 is 5.32 Å². The molecule has 6 nitrogen and oxygen atoms in total. The van der Waals surface area contributed by atoms with E-state index < -0.39 is 0 Å². The monoisotopic (exact) mass is 490 g/mol. The summed E-state index contributed by atoms with van der Waals surface area (Å²) in [6.07, 6.45) is 3.88. The molecule has 0 unspecified atom stereocenters. The van der Waals surface area contributed by atoms with Crippen molar-refractivity contribution in [1.82, 2.24) is 9.80 Å². The third kappa shape index (κ3) is 9.22. The van der Waals surface area contributed by atoms with E-state index in [1.165, 1.54) is 5.56 Å². The summed E-state index contributed by atoms with van der Waals surface area (Å²) in [6.45, 7) is 16.7. The van der Waals surface area contributed by atoms with Crippen LogP contribution >= 0.6 is 0 Å². The lowest BCUT2D eigenvalue weighted by Crippen LogP contribution is -2.31. The maximum absolute atomic E-state index is 10.8. The normalized spacial score (nSPS) is 12.6. The number of nitrogens with one attached hydrogen (secondary N) is 1. The fraction of sp³-hybridized carbons (Fsp3) is 0.433. The number of carbonyl (C=O) groups excluding carboxylic acids is 2. The van der Waals surface area contributed by atoms with Crippen LogP contribution in [0.25, 0.3) is 5.70 Å². The minimum absolute atomic E-state index is 0.145. The molecule has 0 bridgehead atoms. The summed E-state index contributed by atoms with van der Waals surface area (Å²) in [5.41, 5.74) is 5.91. The van der Waals surface area contributed by atoms with Gasteiger partial charge in [-0.05, 0) is 67.0 Å². The Labute approximate surface area is 217 Å². The number of piperidine rings is 1. The number of nitriles is 1. The topological polar surface area (TPSA) is 76.4 Å². The van der Waals surface area contributed by atoms with Crippen molar-refractivity contribution in [3.8, 4) is 6.07 Å². The van der Waals surface area contributed by atoms with E-state index >= 15 is 0 Å². The van der Waals surface area contributed by atoms with Crippen LogP contribution in [0.1, 0.15) is 75.1 Å². The van der Waals surface area contributed by atoms with Gasteiger partial charge in [0.2, 0.25) is 12.3 Å². The molecule has 2 amide bonds. The van der Waals surface area contributed by atoms with Gasteiger partial charge in [0.25, 0.3) is 0 Å². The third-order valence-corrected chi connectivity index (χ3v) is 6.27. The van der Waals surface area contributed by atoms with Gasteiger partial charge in [-0.1, -0.05) is 51.6 Å². The molecule has 6 heteroatoms. The highest BCUT2D eigenvalue weighted by Crippen LogP contribution is 2.32. The Morgan fingerprint density at radius 3 is 2.28 bits per heavy atom. The van der Waals surface area contributed by atoms with E-state index in [-0.39, 0.29) is 5.91 Å². The molecule has 0 atom stereocenters. The van der Waals surface area contributed by atoms with Gasteiger partial charge >= 0.3 is 0 Å². The van der Waals surface area contributed by atoms with Crippen molar-refractivity contribution in [2.24, 2.45) is 0 Å². The van der Waals surface area contributed by atoms with E-state index in [1.54, 1.807) is 11.8 Å². The number of carbonyl (C=O) groups is 2. The van der Waals surface area contributed by atoms with Crippen LogP contribution in [0.5, 0.6) is 0 Å². The van der Waals surface area contributed by atoms with Crippen molar-refractivity contribution in [2.75, 3.05) is 32.0 Å². The van der Waals surface area contributed by atoms with Crippen molar-refractivity contribution in [2.45, 2.75) is 59.8 Å². The Morgan fingerprint density at radius 1 is 1.19 bits per heavy atom. The Morgan fingerprint density at radius 2 is 1.81 bits per heavy atom. The number of hydrogen-bond donors (Lipinski definition) is 1. The number of likely N-dealkylation sites (tertiary alicyclic amines) is 1. The first-order valence-corrected chi connectivity index (χ1v) is 12.8. The molecular formula is C30H42N4O2. The highest BCUT2D eigenvalue weighted by atomic mass is 16.2. The number of rotatable bonds is 7. The molecule has 0 spiro atoms. The van der Waals surface area contributed by atoms with Crippen LogP contribution in [0.3, 0.4) is 0 Å². The first-order chi connectivity index (χ1) is 17.3. The van der Waals surface area contributed by atoms with Crippen molar-refractivity contribution in [3.05, 3.63) is 71.3 Å². The van der Waals surface area contributed by atoms with Gasteiger partial charge in [0, 0.05) is 45.0 Å². The molecule has 194 valence electrons. The van der Waals surface area contributed by atoms with Gasteiger partial charge in [0.1, 0.15) is 0 Å². The fourth-order valence-electron chi connectivity index (χ4n) is 4.01. The van der Waals surface area contributed by atoms with Crippen LogP contribution in [0.2, 0.25) is 0 Å². The minimum Gasteiger partial charge on any atom is -0.371 e. The molecule has 0 saturated carbocycles. The molecule has 1 saturated heterocycles.